The Balaban J connectivity index is 2.20. The molecule has 1 N–H and O–H groups in total. The molecule has 2 aliphatic rings. The zero-order valence-corrected chi connectivity index (χ0v) is 15.9. The molecule has 1 fully saturated rings. The highest BCUT2D eigenvalue weighted by molar-refractivity contribution is 7.80. The highest BCUT2D eigenvalue weighted by atomic mass is 35.5. The van der Waals surface area contributed by atoms with Crippen LogP contribution in [0.2, 0.25) is 10.0 Å². The molecule has 0 radical (unpaired) electrons. The van der Waals surface area contributed by atoms with E-state index in [-0.39, 0.29) is 12.6 Å². The molecule has 2 bridgehead atoms. The van der Waals surface area contributed by atoms with Crippen molar-refractivity contribution in [1.29, 1.82) is 0 Å². The van der Waals surface area contributed by atoms with Crippen LogP contribution in [-0.2, 0) is 9.53 Å². The fourth-order valence-corrected chi connectivity index (χ4v) is 4.50. The molecule has 0 aromatic heterocycles. The Morgan fingerprint density at radius 2 is 2.17 bits per heavy atom. The molecule has 0 aliphatic carbocycles. The number of esters is 1. The number of ether oxygens (including phenoxy) is 2. The molecule has 0 unspecified atom stereocenters. The number of fused-ring (bicyclic) bond motifs is 4. The summed E-state index contributed by atoms with van der Waals surface area (Å²) in [5, 5.41) is 4.63. The first-order chi connectivity index (χ1) is 11.3. The van der Waals surface area contributed by atoms with E-state index in [1.165, 1.54) is 0 Å². The van der Waals surface area contributed by atoms with Crippen LogP contribution >= 0.6 is 35.4 Å². The first-order valence-electron chi connectivity index (χ1n) is 7.76. The second kappa shape index (κ2) is 6.24. The molecule has 2 aliphatic heterocycles. The van der Waals surface area contributed by atoms with E-state index < -0.39 is 17.7 Å². The molecular weight excluding hydrogens is 371 g/mol. The Hall–Kier alpha value is -1.24. The number of halogens is 2. The molecule has 3 rings (SSSR count). The molecular formula is C16H18Cl2N2O3S. The third-order valence-electron chi connectivity index (χ3n) is 4.51. The van der Waals surface area contributed by atoms with Crippen LogP contribution in [0, 0.1) is 5.92 Å². The van der Waals surface area contributed by atoms with Crippen LogP contribution in [0.4, 0.5) is 0 Å². The van der Waals surface area contributed by atoms with Crippen LogP contribution in [0.5, 0.6) is 5.75 Å². The Labute approximate surface area is 156 Å². The standard InChI is InChI=1S/C16H18Cl2N2O3S/c1-4-20-15(24)19-12-9-6-8(17)7-10(18)13(9)23-16(20,3)11(12)14(21)22-5-2/h6-7,11-12H,4-5H2,1-3H3,(H,19,24)/t11-,12-,16+/m1/s1. The van der Waals surface area contributed by atoms with Crippen LogP contribution in [0.15, 0.2) is 12.1 Å². The van der Waals surface area contributed by atoms with Gasteiger partial charge in [-0.3, -0.25) is 4.79 Å². The quantitative estimate of drug-likeness (QED) is 0.631. The minimum Gasteiger partial charge on any atom is -0.466 e. The van der Waals surface area contributed by atoms with Crippen molar-refractivity contribution >= 4 is 46.5 Å². The highest BCUT2D eigenvalue weighted by Gasteiger charge is 2.59. The van der Waals surface area contributed by atoms with E-state index >= 15 is 0 Å². The topological polar surface area (TPSA) is 50.8 Å². The van der Waals surface area contributed by atoms with Gasteiger partial charge in [0, 0.05) is 17.1 Å². The van der Waals surface area contributed by atoms with Crippen molar-refractivity contribution in [1.82, 2.24) is 10.2 Å². The molecule has 8 heteroatoms. The second-order valence-electron chi connectivity index (χ2n) is 5.86. The average molecular weight is 389 g/mol. The molecule has 3 atom stereocenters. The van der Waals surface area contributed by atoms with Gasteiger partial charge in [-0.15, -0.1) is 0 Å². The zero-order valence-electron chi connectivity index (χ0n) is 13.6. The second-order valence-corrected chi connectivity index (χ2v) is 7.09. The van der Waals surface area contributed by atoms with Gasteiger partial charge in [-0.05, 0) is 45.1 Å². The van der Waals surface area contributed by atoms with Gasteiger partial charge >= 0.3 is 5.97 Å². The van der Waals surface area contributed by atoms with Crippen LogP contribution in [0.25, 0.3) is 0 Å². The SMILES string of the molecule is CCOC(=O)[C@H]1[C@@H]2NC(=S)N(CC)[C@@]1(C)Oc1c(Cl)cc(Cl)cc12. The maximum absolute atomic E-state index is 12.7. The van der Waals surface area contributed by atoms with E-state index in [0.29, 0.717) is 33.0 Å². The summed E-state index contributed by atoms with van der Waals surface area (Å²) in [6.07, 6.45) is 0. The van der Waals surface area contributed by atoms with Crippen molar-refractivity contribution < 1.29 is 14.3 Å². The van der Waals surface area contributed by atoms with Crippen molar-refractivity contribution in [3.8, 4) is 5.75 Å². The van der Waals surface area contributed by atoms with E-state index in [1.54, 1.807) is 19.1 Å². The number of nitrogens with zero attached hydrogens (tertiary/aromatic N) is 1. The lowest BCUT2D eigenvalue weighted by Gasteiger charge is -2.55. The maximum Gasteiger partial charge on any atom is 0.317 e. The third kappa shape index (κ3) is 2.52. The number of rotatable bonds is 3. The predicted molar refractivity (Wildman–Crippen MR) is 96.5 cm³/mol. The molecule has 0 saturated carbocycles. The summed E-state index contributed by atoms with van der Waals surface area (Å²) in [4.78, 5) is 14.5. The maximum atomic E-state index is 12.7. The highest BCUT2D eigenvalue weighted by Crippen LogP contribution is 2.51. The summed E-state index contributed by atoms with van der Waals surface area (Å²) in [5.41, 5.74) is -0.278. The minimum absolute atomic E-state index is 0.290. The Kier molecular flexibility index (Phi) is 4.57. The van der Waals surface area contributed by atoms with Crippen LogP contribution in [-0.4, -0.2) is 34.9 Å². The molecule has 24 heavy (non-hydrogen) atoms. The van der Waals surface area contributed by atoms with Crippen LogP contribution in [0.3, 0.4) is 0 Å². The smallest absolute Gasteiger partial charge is 0.317 e. The molecule has 0 spiro atoms. The normalized spacial score (nSPS) is 27.9. The summed E-state index contributed by atoms with van der Waals surface area (Å²) in [7, 11) is 0. The molecule has 130 valence electrons. The number of hydrogen-bond donors (Lipinski definition) is 1. The number of benzene rings is 1. The lowest BCUT2D eigenvalue weighted by Crippen LogP contribution is -2.71. The van der Waals surface area contributed by atoms with Crippen molar-refractivity contribution in [2.75, 3.05) is 13.2 Å². The first kappa shape index (κ1) is 17.6. The van der Waals surface area contributed by atoms with Crippen LogP contribution in [0.1, 0.15) is 32.4 Å². The molecule has 1 aromatic carbocycles. The van der Waals surface area contributed by atoms with E-state index in [0.717, 1.165) is 0 Å². The van der Waals surface area contributed by atoms with Crippen molar-refractivity contribution in [3.05, 3.63) is 27.7 Å². The molecule has 0 amide bonds. The fourth-order valence-electron chi connectivity index (χ4n) is 3.52. The van der Waals surface area contributed by atoms with Crippen LogP contribution < -0.4 is 10.1 Å². The number of hydrogen-bond acceptors (Lipinski definition) is 4. The van der Waals surface area contributed by atoms with Crippen molar-refractivity contribution in [3.63, 3.8) is 0 Å². The van der Waals surface area contributed by atoms with Gasteiger partial charge < -0.3 is 19.7 Å². The number of thiocarbonyl (C=S) groups is 1. The van der Waals surface area contributed by atoms with Gasteiger partial charge in [0.25, 0.3) is 0 Å². The van der Waals surface area contributed by atoms with Gasteiger partial charge in [0.2, 0.25) is 0 Å². The predicted octanol–water partition coefficient (Wildman–Crippen LogP) is 3.53. The first-order valence-corrected chi connectivity index (χ1v) is 8.92. The summed E-state index contributed by atoms with van der Waals surface area (Å²) >= 11 is 17.9. The Bertz CT molecular complexity index is 715. The van der Waals surface area contributed by atoms with Crippen molar-refractivity contribution in [2.45, 2.75) is 32.5 Å². The number of carbonyl (C=O) groups excluding carboxylic acids is 1. The van der Waals surface area contributed by atoms with Crippen molar-refractivity contribution in [2.24, 2.45) is 5.92 Å². The van der Waals surface area contributed by atoms with Gasteiger partial charge in [-0.1, -0.05) is 23.2 Å². The largest absolute Gasteiger partial charge is 0.466 e. The van der Waals surface area contributed by atoms with Gasteiger partial charge in [0.1, 0.15) is 11.7 Å². The molecule has 1 saturated heterocycles. The zero-order chi connectivity index (χ0) is 17.6. The fraction of sp³-hybridized carbons (Fsp3) is 0.500. The molecule has 2 heterocycles. The monoisotopic (exact) mass is 388 g/mol. The van der Waals surface area contributed by atoms with E-state index in [4.69, 9.17) is 44.9 Å². The van der Waals surface area contributed by atoms with E-state index in [9.17, 15) is 4.79 Å². The summed E-state index contributed by atoms with van der Waals surface area (Å²) in [6, 6.07) is 2.96. The minimum atomic E-state index is -0.988. The molecule has 5 nitrogen and oxygen atoms in total. The molecule has 1 aromatic rings. The van der Waals surface area contributed by atoms with Gasteiger partial charge in [-0.25, -0.2) is 0 Å². The van der Waals surface area contributed by atoms with Gasteiger partial charge in [-0.2, -0.15) is 0 Å². The summed E-state index contributed by atoms with van der Waals surface area (Å²) < 4.78 is 11.5. The average Bonchev–Trinajstić information content (AvgIpc) is 2.48. The van der Waals surface area contributed by atoms with Gasteiger partial charge in [0.15, 0.2) is 10.8 Å². The third-order valence-corrected chi connectivity index (χ3v) is 5.35. The summed E-state index contributed by atoms with van der Waals surface area (Å²) in [6.45, 7) is 6.43. The Morgan fingerprint density at radius 3 is 2.79 bits per heavy atom. The summed E-state index contributed by atoms with van der Waals surface area (Å²) in [5.74, 6) is -0.436. The van der Waals surface area contributed by atoms with E-state index in [1.807, 2.05) is 18.7 Å². The number of carbonyl (C=O) groups is 1. The lowest BCUT2D eigenvalue weighted by atomic mass is 9.79. The van der Waals surface area contributed by atoms with Gasteiger partial charge in [0.05, 0.1) is 17.7 Å². The Morgan fingerprint density at radius 1 is 1.46 bits per heavy atom. The van der Waals surface area contributed by atoms with E-state index in [2.05, 4.69) is 5.32 Å². The lowest BCUT2D eigenvalue weighted by molar-refractivity contribution is -0.174. The number of nitrogens with one attached hydrogen (secondary N) is 1.